The van der Waals surface area contributed by atoms with E-state index in [2.05, 4.69) is 4.90 Å². The number of hydrogen-bond donors (Lipinski definition) is 0. The molecular weight excluding hydrogens is 154 g/mol. The third-order valence-electron chi connectivity index (χ3n) is 1.64. The predicted molar refractivity (Wildman–Crippen MR) is 46.7 cm³/mol. The van der Waals surface area contributed by atoms with Crippen molar-refractivity contribution in [3.05, 3.63) is 24.4 Å². The number of carbonyl (C=O) groups is 1. The van der Waals surface area contributed by atoms with Gasteiger partial charge in [-0.15, -0.1) is 0 Å². The molecule has 0 radical (unpaired) electrons. The number of nitrogens with zero attached hydrogens (tertiary/aromatic N) is 1. The average molecular weight is 167 g/mol. The lowest BCUT2D eigenvalue weighted by Crippen LogP contribution is -2.31. The van der Waals surface area contributed by atoms with E-state index in [1.807, 2.05) is 12.3 Å². The fourth-order valence-corrected chi connectivity index (χ4v) is 1.01. The van der Waals surface area contributed by atoms with Crippen LogP contribution in [0.4, 0.5) is 0 Å². The summed E-state index contributed by atoms with van der Waals surface area (Å²) in [6.45, 7) is 3.46. The quantitative estimate of drug-likeness (QED) is 0.350. The number of ether oxygens (including phenoxy) is 1. The Morgan fingerprint density at radius 2 is 1.83 bits per heavy atom. The van der Waals surface area contributed by atoms with Crippen LogP contribution in [0.5, 0.6) is 0 Å². The molecule has 0 amide bonds. The van der Waals surface area contributed by atoms with Gasteiger partial charge in [0.15, 0.2) is 0 Å². The first-order valence-electron chi connectivity index (χ1n) is 4.04. The van der Waals surface area contributed by atoms with Crippen molar-refractivity contribution < 1.29 is 9.53 Å². The van der Waals surface area contributed by atoms with Gasteiger partial charge in [0.25, 0.3) is 0 Å². The van der Waals surface area contributed by atoms with Crippen molar-refractivity contribution in [3.63, 3.8) is 0 Å². The van der Waals surface area contributed by atoms with Crippen molar-refractivity contribution in [2.75, 3.05) is 26.3 Å². The number of hydrogen-bond acceptors (Lipinski definition) is 3. The Morgan fingerprint density at radius 3 is 2.50 bits per heavy atom. The third-order valence-corrected chi connectivity index (χ3v) is 1.64. The first kappa shape index (κ1) is 9.00. The zero-order valence-electron chi connectivity index (χ0n) is 6.98. The lowest BCUT2D eigenvalue weighted by molar-refractivity contribution is -0.104. The molecule has 1 aliphatic heterocycles. The minimum Gasteiger partial charge on any atom is -0.378 e. The van der Waals surface area contributed by atoms with Crippen molar-refractivity contribution >= 4 is 6.29 Å². The average Bonchev–Trinajstić information content (AvgIpc) is 2.14. The second kappa shape index (κ2) is 5.55. The summed E-state index contributed by atoms with van der Waals surface area (Å²) >= 11 is 0. The minimum atomic E-state index is 0.768. The van der Waals surface area contributed by atoms with Gasteiger partial charge in [0.1, 0.15) is 6.29 Å². The first-order valence-corrected chi connectivity index (χ1v) is 4.04. The smallest absolute Gasteiger partial charge is 0.142 e. The molecule has 0 spiro atoms. The van der Waals surface area contributed by atoms with E-state index in [1.165, 1.54) is 6.08 Å². The van der Waals surface area contributed by atoms with E-state index in [9.17, 15) is 4.79 Å². The first-order chi connectivity index (χ1) is 5.93. The fourth-order valence-electron chi connectivity index (χ4n) is 1.01. The molecule has 0 atom stereocenters. The Balaban J connectivity index is 2.23. The molecule has 0 aromatic heterocycles. The molecule has 0 unspecified atom stereocenters. The van der Waals surface area contributed by atoms with Gasteiger partial charge in [0.05, 0.1) is 13.2 Å². The Bertz CT molecular complexity index is 181. The third kappa shape index (κ3) is 3.34. The number of aldehydes is 1. The highest BCUT2D eigenvalue weighted by Gasteiger charge is 2.03. The summed E-state index contributed by atoms with van der Waals surface area (Å²) in [6.07, 6.45) is 7.80. The SMILES string of the molecule is O=C/C=C/C=C/N1CCOCC1. The highest BCUT2D eigenvalue weighted by atomic mass is 16.5. The van der Waals surface area contributed by atoms with E-state index in [0.29, 0.717) is 0 Å². The number of carbonyl (C=O) groups excluding carboxylic acids is 1. The van der Waals surface area contributed by atoms with Crippen molar-refractivity contribution in [1.29, 1.82) is 0 Å². The van der Waals surface area contributed by atoms with Crippen molar-refractivity contribution in [3.8, 4) is 0 Å². The lowest BCUT2D eigenvalue weighted by atomic mass is 10.4. The van der Waals surface area contributed by atoms with Crippen LogP contribution in [0.3, 0.4) is 0 Å². The van der Waals surface area contributed by atoms with Gasteiger partial charge in [-0.2, -0.15) is 0 Å². The Labute approximate surface area is 72.3 Å². The molecule has 1 fully saturated rings. The second-order valence-corrected chi connectivity index (χ2v) is 2.51. The molecule has 12 heavy (non-hydrogen) atoms. The van der Waals surface area contributed by atoms with Gasteiger partial charge in [0, 0.05) is 13.1 Å². The molecule has 1 aliphatic rings. The second-order valence-electron chi connectivity index (χ2n) is 2.51. The van der Waals surface area contributed by atoms with E-state index in [0.717, 1.165) is 32.6 Å². The van der Waals surface area contributed by atoms with Crippen LogP contribution in [0, 0.1) is 0 Å². The van der Waals surface area contributed by atoms with Crippen LogP contribution in [0.1, 0.15) is 0 Å². The molecule has 1 heterocycles. The molecule has 0 aliphatic carbocycles. The number of rotatable bonds is 3. The summed E-state index contributed by atoms with van der Waals surface area (Å²) in [5, 5.41) is 0. The molecule has 66 valence electrons. The van der Waals surface area contributed by atoms with Gasteiger partial charge in [0.2, 0.25) is 0 Å². The highest BCUT2D eigenvalue weighted by molar-refractivity contribution is 5.65. The number of morpholine rings is 1. The van der Waals surface area contributed by atoms with Crippen LogP contribution in [-0.2, 0) is 9.53 Å². The summed E-state index contributed by atoms with van der Waals surface area (Å²) in [6, 6.07) is 0. The maximum absolute atomic E-state index is 9.90. The molecule has 0 aromatic rings. The zero-order chi connectivity index (χ0) is 8.65. The normalized spacial score (nSPS) is 19.2. The molecular formula is C9H13NO2. The van der Waals surface area contributed by atoms with Crippen molar-refractivity contribution in [2.24, 2.45) is 0 Å². The molecule has 1 saturated heterocycles. The highest BCUT2D eigenvalue weighted by Crippen LogP contribution is 1.96. The standard InChI is InChI=1S/C9H13NO2/c11-7-3-1-2-4-10-5-8-12-9-6-10/h1-4,7H,5-6,8-9H2/b3-1+,4-2+. The summed E-state index contributed by atoms with van der Waals surface area (Å²) in [7, 11) is 0. The van der Waals surface area contributed by atoms with Gasteiger partial charge in [-0.25, -0.2) is 0 Å². The van der Waals surface area contributed by atoms with Gasteiger partial charge in [-0.1, -0.05) is 6.08 Å². The zero-order valence-corrected chi connectivity index (χ0v) is 6.98. The Morgan fingerprint density at radius 1 is 1.08 bits per heavy atom. The molecule has 0 saturated carbocycles. The van der Waals surface area contributed by atoms with Crippen LogP contribution in [0.15, 0.2) is 24.4 Å². The van der Waals surface area contributed by atoms with Crippen molar-refractivity contribution in [2.45, 2.75) is 0 Å². The molecule has 3 nitrogen and oxygen atoms in total. The summed E-state index contributed by atoms with van der Waals surface area (Å²) in [5.41, 5.74) is 0. The van der Waals surface area contributed by atoms with E-state index in [1.54, 1.807) is 6.08 Å². The van der Waals surface area contributed by atoms with Gasteiger partial charge >= 0.3 is 0 Å². The molecule has 3 heteroatoms. The topological polar surface area (TPSA) is 29.5 Å². The van der Waals surface area contributed by atoms with Crippen LogP contribution in [0.2, 0.25) is 0 Å². The van der Waals surface area contributed by atoms with E-state index in [-0.39, 0.29) is 0 Å². The summed E-state index contributed by atoms with van der Waals surface area (Å²) < 4.78 is 5.18. The minimum absolute atomic E-state index is 0.768. The van der Waals surface area contributed by atoms with Gasteiger partial charge in [-0.05, 0) is 18.4 Å². The van der Waals surface area contributed by atoms with E-state index >= 15 is 0 Å². The fraction of sp³-hybridized carbons (Fsp3) is 0.444. The largest absolute Gasteiger partial charge is 0.378 e. The maximum Gasteiger partial charge on any atom is 0.142 e. The molecule has 0 bridgehead atoms. The summed E-state index contributed by atoms with van der Waals surface area (Å²) in [5.74, 6) is 0. The molecule has 0 aromatic carbocycles. The monoisotopic (exact) mass is 167 g/mol. The predicted octanol–water partition coefficient (Wildman–Crippen LogP) is 0.587. The van der Waals surface area contributed by atoms with Crippen LogP contribution < -0.4 is 0 Å². The van der Waals surface area contributed by atoms with Gasteiger partial charge in [-0.3, -0.25) is 4.79 Å². The summed E-state index contributed by atoms with van der Waals surface area (Å²) in [4.78, 5) is 12.1. The van der Waals surface area contributed by atoms with Crippen LogP contribution in [-0.4, -0.2) is 37.5 Å². The Hall–Kier alpha value is -1.09. The van der Waals surface area contributed by atoms with Crippen LogP contribution >= 0.6 is 0 Å². The Kier molecular flexibility index (Phi) is 4.16. The van der Waals surface area contributed by atoms with E-state index in [4.69, 9.17) is 4.74 Å². The lowest BCUT2D eigenvalue weighted by Gasteiger charge is -2.24. The molecule has 1 rings (SSSR count). The van der Waals surface area contributed by atoms with Crippen LogP contribution in [0.25, 0.3) is 0 Å². The van der Waals surface area contributed by atoms with Gasteiger partial charge < -0.3 is 9.64 Å². The maximum atomic E-state index is 9.90. The van der Waals surface area contributed by atoms with Crippen molar-refractivity contribution in [1.82, 2.24) is 4.90 Å². The molecule has 0 N–H and O–H groups in total. The van der Waals surface area contributed by atoms with E-state index < -0.39 is 0 Å². The number of allylic oxidation sites excluding steroid dienone is 3.